The molecular formula is C28H30F2N4O10. The van der Waals surface area contributed by atoms with Gasteiger partial charge in [-0.2, -0.15) is 0 Å². The van der Waals surface area contributed by atoms with E-state index < -0.39 is 67.0 Å². The second kappa shape index (κ2) is 13.1. The van der Waals surface area contributed by atoms with E-state index >= 15 is 0 Å². The normalized spacial score (nSPS) is 18.6. The van der Waals surface area contributed by atoms with E-state index in [-0.39, 0.29) is 30.3 Å². The van der Waals surface area contributed by atoms with Crippen molar-refractivity contribution in [3.8, 4) is 11.5 Å². The quantitative estimate of drug-likeness (QED) is 0.226. The van der Waals surface area contributed by atoms with E-state index in [1.807, 2.05) is 0 Å². The maximum Gasteiger partial charge on any atom is 0.586 e. The van der Waals surface area contributed by atoms with Crippen molar-refractivity contribution in [1.82, 2.24) is 15.2 Å². The number of carbonyl (C=O) groups is 5. The van der Waals surface area contributed by atoms with Gasteiger partial charge in [0.2, 0.25) is 12.7 Å². The van der Waals surface area contributed by atoms with Crippen LogP contribution in [-0.4, -0.2) is 65.6 Å². The fraction of sp³-hybridized carbons (Fsp3) is 0.429. The first-order valence-corrected chi connectivity index (χ1v) is 13.5. The predicted octanol–water partition coefficient (Wildman–Crippen LogP) is 3.51. The standard InChI is InChI=1S/C28H30F2N4O10/c1-5-40-25(37)22-18(10-16-8-9-31-21(11-16)33-27(39)42-13-41-24(36)14(2)3)23(35)34(22)26(38)32-15(4)17-6-7-19-20(12-17)44-28(29,30)43-19/h6-9,11-12,14-15,18,22H,5,10,13H2,1-4H3,(H,32,38)(H,31,33,39). The van der Waals surface area contributed by atoms with Crippen LogP contribution in [-0.2, 0) is 35.0 Å². The zero-order valence-corrected chi connectivity index (χ0v) is 24.1. The first kappa shape index (κ1) is 31.9. The molecule has 44 heavy (non-hydrogen) atoms. The number of carbonyl (C=O) groups excluding carboxylic acids is 5. The fourth-order valence-corrected chi connectivity index (χ4v) is 4.42. The highest BCUT2D eigenvalue weighted by atomic mass is 19.3. The number of hydrogen-bond acceptors (Lipinski definition) is 11. The molecule has 3 atom stereocenters. The van der Waals surface area contributed by atoms with Gasteiger partial charge in [0.25, 0.3) is 0 Å². The number of likely N-dealkylation sites (tertiary alicyclic amines) is 1. The number of hydrogen-bond donors (Lipinski definition) is 2. The molecular weight excluding hydrogens is 590 g/mol. The summed E-state index contributed by atoms with van der Waals surface area (Å²) in [6.45, 7) is 5.78. The maximum atomic E-state index is 13.4. The minimum atomic E-state index is -3.81. The second-order valence-corrected chi connectivity index (χ2v) is 10.1. The highest BCUT2D eigenvalue weighted by Crippen LogP contribution is 2.42. The van der Waals surface area contributed by atoms with Crippen molar-refractivity contribution >= 4 is 35.8 Å². The van der Waals surface area contributed by atoms with Gasteiger partial charge in [0.05, 0.1) is 24.5 Å². The highest BCUT2D eigenvalue weighted by Gasteiger charge is 2.55. The van der Waals surface area contributed by atoms with E-state index in [4.69, 9.17) is 14.2 Å². The molecule has 16 heteroatoms. The summed E-state index contributed by atoms with van der Waals surface area (Å²) in [7, 11) is 0. The topological polar surface area (TPSA) is 172 Å². The van der Waals surface area contributed by atoms with Crippen molar-refractivity contribution in [3.05, 3.63) is 47.7 Å². The smallest absolute Gasteiger partial charge is 0.464 e. The first-order chi connectivity index (χ1) is 20.8. The molecule has 3 unspecified atom stereocenters. The van der Waals surface area contributed by atoms with Crippen LogP contribution < -0.4 is 20.1 Å². The van der Waals surface area contributed by atoms with E-state index in [9.17, 15) is 32.8 Å². The van der Waals surface area contributed by atoms with Gasteiger partial charge >= 0.3 is 30.4 Å². The molecule has 0 bridgehead atoms. The van der Waals surface area contributed by atoms with Gasteiger partial charge < -0.3 is 29.0 Å². The Morgan fingerprint density at radius 2 is 1.77 bits per heavy atom. The van der Waals surface area contributed by atoms with Crippen LogP contribution in [0.1, 0.15) is 44.9 Å². The van der Waals surface area contributed by atoms with Gasteiger partial charge in [-0.05, 0) is 55.7 Å². The van der Waals surface area contributed by atoms with Crippen LogP contribution in [0, 0.1) is 11.8 Å². The lowest BCUT2D eigenvalue weighted by atomic mass is 9.82. The van der Waals surface area contributed by atoms with Crippen LogP contribution in [0.3, 0.4) is 0 Å². The van der Waals surface area contributed by atoms with Crippen molar-refractivity contribution < 1.29 is 56.4 Å². The Morgan fingerprint density at radius 3 is 2.48 bits per heavy atom. The first-order valence-electron chi connectivity index (χ1n) is 13.5. The van der Waals surface area contributed by atoms with Gasteiger partial charge in [0, 0.05) is 6.20 Å². The molecule has 14 nitrogen and oxygen atoms in total. The highest BCUT2D eigenvalue weighted by molar-refractivity contribution is 6.08. The zero-order valence-electron chi connectivity index (χ0n) is 24.1. The Labute approximate surface area is 249 Å². The fourth-order valence-electron chi connectivity index (χ4n) is 4.42. The average molecular weight is 621 g/mol. The summed E-state index contributed by atoms with van der Waals surface area (Å²) in [4.78, 5) is 67.4. The summed E-state index contributed by atoms with van der Waals surface area (Å²) >= 11 is 0. The number of amides is 4. The Balaban J connectivity index is 1.39. The van der Waals surface area contributed by atoms with E-state index in [1.165, 1.54) is 30.5 Å². The summed E-state index contributed by atoms with van der Waals surface area (Å²) in [6, 6.07) is 4.07. The number of benzene rings is 1. The van der Waals surface area contributed by atoms with Crippen molar-refractivity contribution in [2.75, 3.05) is 18.7 Å². The average Bonchev–Trinajstić information content (AvgIpc) is 3.27. The number of imide groups is 1. The number of rotatable bonds is 10. The SMILES string of the molecule is CCOC(=O)C1C(Cc2ccnc(NC(=O)OCOC(=O)C(C)C)c2)C(=O)N1C(=O)NC(C)c1ccc2c(c1)OC(F)(F)O2. The zero-order chi connectivity index (χ0) is 32.2. The van der Waals surface area contributed by atoms with Crippen LogP contribution in [0.25, 0.3) is 0 Å². The Kier molecular flexibility index (Phi) is 9.50. The molecule has 236 valence electrons. The largest absolute Gasteiger partial charge is 0.586 e. The van der Waals surface area contributed by atoms with E-state index in [2.05, 4.69) is 25.1 Å². The number of esters is 2. The van der Waals surface area contributed by atoms with Gasteiger partial charge in [0.15, 0.2) is 17.5 Å². The van der Waals surface area contributed by atoms with Gasteiger partial charge in [-0.3, -0.25) is 14.9 Å². The molecule has 4 amide bonds. The van der Waals surface area contributed by atoms with Gasteiger partial charge in [0.1, 0.15) is 5.82 Å². The van der Waals surface area contributed by atoms with E-state index in [0.717, 1.165) is 4.90 Å². The minimum absolute atomic E-state index is 0.00184. The molecule has 3 heterocycles. The number of halogens is 2. The Morgan fingerprint density at radius 1 is 1.05 bits per heavy atom. The molecule has 1 aromatic carbocycles. The molecule has 2 N–H and O–H groups in total. The Bertz CT molecular complexity index is 1450. The molecule has 1 fully saturated rings. The number of fused-ring (bicyclic) bond motifs is 1. The minimum Gasteiger partial charge on any atom is -0.464 e. The summed E-state index contributed by atoms with van der Waals surface area (Å²) in [6.07, 6.45) is -3.39. The lowest BCUT2D eigenvalue weighted by molar-refractivity contribution is -0.286. The molecule has 2 aliphatic heterocycles. The molecule has 0 aliphatic carbocycles. The van der Waals surface area contributed by atoms with Crippen molar-refractivity contribution in [3.63, 3.8) is 0 Å². The molecule has 2 aliphatic rings. The third-order valence-corrected chi connectivity index (χ3v) is 6.60. The monoisotopic (exact) mass is 620 g/mol. The molecule has 0 radical (unpaired) electrons. The van der Waals surface area contributed by atoms with Gasteiger partial charge in [-0.1, -0.05) is 19.9 Å². The predicted molar refractivity (Wildman–Crippen MR) is 144 cm³/mol. The number of pyridine rings is 1. The molecule has 4 rings (SSSR count). The van der Waals surface area contributed by atoms with E-state index in [0.29, 0.717) is 11.1 Å². The molecule has 1 aromatic heterocycles. The lowest BCUT2D eigenvalue weighted by Crippen LogP contribution is -2.69. The lowest BCUT2D eigenvalue weighted by Gasteiger charge is -2.44. The molecule has 0 saturated carbocycles. The number of nitrogens with zero attached hydrogens (tertiary/aromatic N) is 2. The van der Waals surface area contributed by atoms with E-state index in [1.54, 1.807) is 33.8 Å². The van der Waals surface area contributed by atoms with Crippen LogP contribution in [0.4, 0.5) is 24.2 Å². The summed E-state index contributed by atoms with van der Waals surface area (Å²) in [5, 5.41) is 4.96. The number of nitrogens with one attached hydrogen (secondary N) is 2. The third kappa shape index (κ3) is 7.30. The van der Waals surface area contributed by atoms with Crippen LogP contribution >= 0.6 is 0 Å². The number of ether oxygens (including phenoxy) is 5. The summed E-state index contributed by atoms with van der Waals surface area (Å²) < 4.78 is 50.3. The molecule has 0 spiro atoms. The van der Waals surface area contributed by atoms with Crippen LogP contribution in [0.5, 0.6) is 11.5 Å². The number of urea groups is 1. The molecule has 1 saturated heterocycles. The number of alkyl halides is 2. The second-order valence-electron chi connectivity index (χ2n) is 10.1. The van der Waals surface area contributed by atoms with Crippen molar-refractivity contribution in [2.24, 2.45) is 11.8 Å². The van der Waals surface area contributed by atoms with Crippen LogP contribution in [0.15, 0.2) is 36.5 Å². The van der Waals surface area contributed by atoms with Gasteiger partial charge in [-0.25, -0.2) is 24.3 Å². The number of aromatic nitrogens is 1. The Hall–Kier alpha value is -5.02. The summed E-state index contributed by atoms with van der Waals surface area (Å²) in [5.41, 5.74) is 0.879. The van der Waals surface area contributed by atoms with Crippen molar-refractivity contribution in [1.29, 1.82) is 0 Å². The van der Waals surface area contributed by atoms with Gasteiger partial charge in [-0.15, -0.1) is 8.78 Å². The summed E-state index contributed by atoms with van der Waals surface area (Å²) in [5.74, 6) is -3.69. The van der Waals surface area contributed by atoms with Crippen molar-refractivity contribution in [2.45, 2.75) is 52.5 Å². The maximum absolute atomic E-state index is 13.4. The number of anilines is 1. The van der Waals surface area contributed by atoms with Crippen LogP contribution in [0.2, 0.25) is 0 Å². The number of β-lactam (4-membered cyclic amide) rings is 1. The third-order valence-electron chi connectivity index (χ3n) is 6.60. The molecule has 2 aromatic rings.